The number of nitrogens with one attached hydrogen (secondary N) is 1. The number of rotatable bonds is 7. The van der Waals surface area contributed by atoms with E-state index in [1.807, 2.05) is 18.2 Å². The number of hydrogen-bond acceptors (Lipinski definition) is 4. The Morgan fingerprint density at radius 3 is 2.59 bits per heavy atom. The molecule has 5 heteroatoms. The van der Waals surface area contributed by atoms with Gasteiger partial charge in [0.1, 0.15) is 0 Å². The van der Waals surface area contributed by atoms with Gasteiger partial charge in [-0.1, -0.05) is 19.1 Å². The van der Waals surface area contributed by atoms with Gasteiger partial charge in [0.15, 0.2) is 18.1 Å². The Bertz CT molecular complexity index is 471. The molecule has 0 bridgehead atoms. The zero-order chi connectivity index (χ0) is 15.8. The lowest BCUT2D eigenvalue weighted by Gasteiger charge is -2.32. The van der Waals surface area contributed by atoms with Crippen molar-refractivity contribution in [2.24, 2.45) is 0 Å². The molecular weight excluding hydrogens is 280 g/mol. The average Bonchev–Trinajstić information content (AvgIpc) is 2.55. The van der Waals surface area contributed by atoms with Gasteiger partial charge in [-0.15, -0.1) is 0 Å². The molecule has 0 spiro atoms. The van der Waals surface area contributed by atoms with Crippen molar-refractivity contribution in [3.8, 4) is 11.5 Å². The Hall–Kier alpha value is -1.75. The second kappa shape index (κ2) is 8.63. The summed E-state index contributed by atoms with van der Waals surface area (Å²) in [6, 6.07) is 7.61. The average molecular weight is 306 g/mol. The van der Waals surface area contributed by atoms with Gasteiger partial charge in [0.2, 0.25) is 0 Å². The normalized spacial score (nSPS) is 16.3. The lowest BCUT2D eigenvalue weighted by molar-refractivity contribution is -0.124. The lowest BCUT2D eigenvalue weighted by atomic mass is 10.0. The summed E-state index contributed by atoms with van der Waals surface area (Å²) in [5.41, 5.74) is 0. The highest BCUT2D eigenvalue weighted by molar-refractivity contribution is 5.77. The van der Waals surface area contributed by atoms with E-state index in [9.17, 15) is 4.79 Å². The highest BCUT2D eigenvalue weighted by Crippen LogP contribution is 2.25. The predicted octanol–water partition coefficient (Wildman–Crippen LogP) is 2.06. The molecule has 22 heavy (non-hydrogen) atoms. The number of benzene rings is 1. The van der Waals surface area contributed by atoms with Crippen molar-refractivity contribution < 1.29 is 14.3 Å². The van der Waals surface area contributed by atoms with E-state index < -0.39 is 0 Å². The summed E-state index contributed by atoms with van der Waals surface area (Å²) in [6.45, 7) is 5.49. The van der Waals surface area contributed by atoms with Gasteiger partial charge in [0, 0.05) is 19.1 Å². The van der Waals surface area contributed by atoms with Gasteiger partial charge < -0.3 is 19.7 Å². The van der Waals surface area contributed by atoms with Crippen LogP contribution in [0.1, 0.15) is 26.2 Å². The molecular formula is C17H26N2O3. The number of carbonyl (C=O) groups is 1. The molecule has 1 aliphatic heterocycles. The summed E-state index contributed by atoms with van der Waals surface area (Å²) in [5.74, 6) is 1.17. The van der Waals surface area contributed by atoms with Crippen molar-refractivity contribution in [2.75, 3.05) is 33.4 Å². The van der Waals surface area contributed by atoms with Gasteiger partial charge in [-0.2, -0.15) is 0 Å². The lowest BCUT2D eigenvalue weighted by Crippen LogP contribution is -2.46. The van der Waals surface area contributed by atoms with Gasteiger partial charge in [0.05, 0.1) is 7.11 Å². The number of amides is 1. The van der Waals surface area contributed by atoms with E-state index in [-0.39, 0.29) is 18.6 Å². The Balaban J connectivity index is 1.72. The van der Waals surface area contributed by atoms with E-state index in [1.54, 1.807) is 13.2 Å². The molecule has 1 fully saturated rings. The van der Waals surface area contributed by atoms with Crippen LogP contribution in [0.25, 0.3) is 0 Å². The van der Waals surface area contributed by atoms with Gasteiger partial charge in [0.25, 0.3) is 5.91 Å². The molecule has 1 amide bonds. The fraction of sp³-hybridized carbons (Fsp3) is 0.588. The number of likely N-dealkylation sites (tertiary alicyclic amines) is 1. The summed E-state index contributed by atoms with van der Waals surface area (Å²) in [5, 5.41) is 3.06. The molecule has 1 N–H and O–H groups in total. The summed E-state index contributed by atoms with van der Waals surface area (Å²) < 4.78 is 10.7. The third-order valence-corrected chi connectivity index (χ3v) is 3.92. The number of ether oxygens (including phenoxy) is 2. The minimum absolute atomic E-state index is 0.0234. The van der Waals surface area contributed by atoms with Crippen LogP contribution in [0.15, 0.2) is 24.3 Å². The van der Waals surface area contributed by atoms with Crippen LogP contribution in [0.2, 0.25) is 0 Å². The van der Waals surface area contributed by atoms with Gasteiger partial charge in [-0.3, -0.25) is 4.79 Å². The minimum Gasteiger partial charge on any atom is -0.493 e. The smallest absolute Gasteiger partial charge is 0.258 e. The number of hydrogen-bond donors (Lipinski definition) is 1. The molecule has 5 nitrogen and oxygen atoms in total. The molecule has 0 unspecified atom stereocenters. The standard InChI is InChI=1S/C17H26N2O3/c1-3-10-19-11-8-14(9-12-19)18-17(20)13-22-16-7-5-4-6-15(16)21-2/h4-7,14H,3,8-13H2,1-2H3,(H,18,20). The van der Waals surface area contributed by atoms with E-state index in [0.717, 1.165) is 32.5 Å². The van der Waals surface area contributed by atoms with Crippen LogP contribution in [-0.2, 0) is 4.79 Å². The number of carbonyl (C=O) groups excluding carboxylic acids is 1. The van der Waals surface area contributed by atoms with E-state index in [1.165, 1.54) is 6.42 Å². The molecule has 1 aromatic carbocycles. The third kappa shape index (κ3) is 4.91. The van der Waals surface area contributed by atoms with E-state index >= 15 is 0 Å². The fourth-order valence-electron chi connectivity index (χ4n) is 2.77. The van der Waals surface area contributed by atoms with Crippen molar-refractivity contribution >= 4 is 5.91 Å². The maximum absolute atomic E-state index is 12.0. The Morgan fingerprint density at radius 2 is 1.95 bits per heavy atom. The highest BCUT2D eigenvalue weighted by atomic mass is 16.5. The first-order chi connectivity index (χ1) is 10.7. The second-order valence-electron chi connectivity index (χ2n) is 5.62. The molecule has 1 saturated heterocycles. The number of nitrogens with zero attached hydrogens (tertiary/aromatic N) is 1. The van der Waals surface area contributed by atoms with Crippen molar-refractivity contribution in [2.45, 2.75) is 32.2 Å². The molecule has 1 aliphatic rings. The molecule has 122 valence electrons. The van der Waals surface area contributed by atoms with Crippen LogP contribution in [0.3, 0.4) is 0 Å². The summed E-state index contributed by atoms with van der Waals surface area (Å²) in [4.78, 5) is 14.5. The third-order valence-electron chi connectivity index (χ3n) is 3.92. The topological polar surface area (TPSA) is 50.8 Å². The molecule has 0 aliphatic carbocycles. The molecule has 0 saturated carbocycles. The molecule has 0 aromatic heterocycles. The van der Waals surface area contributed by atoms with Crippen LogP contribution in [-0.4, -0.2) is 50.2 Å². The molecule has 0 radical (unpaired) electrons. The zero-order valence-corrected chi connectivity index (χ0v) is 13.5. The van der Waals surface area contributed by atoms with Crippen LogP contribution in [0.5, 0.6) is 11.5 Å². The van der Waals surface area contributed by atoms with Crippen LogP contribution < -0.4 is 14.8 Å². The maximum atomic E-state index is 12.0. The van der Waals surface area contributed by atoms with Gasteiger partial charge >= 0.3 is 0 Å². The zero-order valence-electron chi connectivity index (χ0n) is 13.5. The molecule has 1 aromatic rings. The number of para-hydroxylation sites is 2. The first-order valence-electron chi connectivity index (χ1n) is 8.00. The first-order valence-corrected chi connectivity index (χ1v) is 8.00. The van der Waals surface area contributed by atoms with Gasteiger partial charge in [-0.25, -0.2) is 0 Å². The Morgan fingerprint density at radius 1 is 1.27 bits per heavy atom. The first kappa shape index (κ1) is 16.6. The van der Waals surface area contributed by atoms with Crippen molar-refractivity contribution in [1.29, 1.82) is 0 Å². The largest absolute Gasteiger partial charge is 0.493 e. The van der Waals surface area contributed by atoms with Crippen molar-refractivity contribution in [1.82, 2.24) is 10.2 Å². The van der Waals surface area contributed by atoms with Crippen LogP contribution >= 0.6 is 0 Å². The van der Waals surface area contributed by atoms with Crippen LogP contribution in [0, 0.1) is 0 Å². The van der Waals surface area contributed by atoms with Crippen molar-refractivity contribution in [3.63, 3.8) is 0 Å². The number of piperidine rings is 1. The Labute approximate surface area is 132 Å². The maximum Gasteiger partial charge on any atom is 0.258 e. The number of methoxy groups -OCH3 is 1. The Kier molecular flexibility index (Phi) is 6.52. The van der Waals surface area contributed by atoms with Crippen molar-refractivity contribution in [3.05, 3.63) is 24.3 Å². The summed E-state index contributed by atoms with van der Waals surface area (Å²) in [6.07, 6.45) is 3.21. The summed E-state index contributed by atoms with van der Waals surface area (Å²) in [7, 11) is 1.59. The molecule has 0 atom stereocenters. The van der Waals surface area contributed by atoms with Gasteiger partial charge in [-0.05, 0) is 37.9 Å². The summed E-state index contributed by atoms with van der Waals surface area (Å²) >= 11 is 0. The van der Waals surface area contributed by atoms with Crippen LogP contribution in [0.4, 0.5) is 0 Å². The highest BCUT2D eigenvalue weighted by Gasteiger charge is 2.20. The predicted molar refractivity (Wildman–Crippen MR) is 86.4 cm³/mol. The fourth-order valence-corrected chi connectivity index (χ4v) is 2.77. The minimum atomic E-state index is -0.0696. The SMILES string of the molecule is CCCN1CCC(NC(=O)COc2ccccc2OC)CC1. The quantitative estimate of drug-likeness (QED) is 0.838. The monoisotopic (exact) mass is 306 g/mol. The second-order valence-corrected chi connectivity index (χ2v) is 5.62. The molecule has 2 rings (SSSR count). The molecule has 1 heterocycles. The van der Waals surface area contributed by atoms with E-state index in [0.29, 0.717) is 11.5 Å². The van der Waals surface area contributed by atoms with E-state index in [4.69, 9.17) is 9.47 Å². The van der Waals surface area contributed by atoms with E-state index in [2.05, 4.69) is 17.1 Å².